The smallest absolute Gasteiger partial charge is 0.378 e. The first-order chi connectivity index (χ1) is 14.9. The van der Waals surface area contributed by atoms with E-state index < -0.39 is 11.7 Å². The molecular formula is C22H25F3N4O2. The van der Waals surface area contributed by atoms with Crippen LogP contribution >= 0.6 is 0 Å². The summed E-state index contributed by atoms with van der Waals surface area (Å²) in [6.07, 6.45) is -2.10. The quantitative estimate of drug-likeness (QED) is 0.800. The molecule has 2 saturated heterocycles. The Hall–Kier alpha value is -2.81. The van der Waals surface area contributed by atoms with E-state index in [1.165, 1.54) is 6.07 Å². The third-order valence-electron chi connectivity index (χ3n) is 5.74. The molecule has 4 rings (SSSR count). The molecule has 2 aliphatic heterocycles. The van der Waals surface area contributed by atoms with Crippen molar-refractivity contribution in [3.8, 4) is 0 Å². The second-order valence-corrected chi connectivity index (χ2v) is 7.78. The minimum Gasteiger partial charge on any atom is -0.378 e. The highest BCUT2D eigenvalue weighted by molar-refractivity contribution is 5.94. The summed E-state index contributed by atoms with van der Waals surface area (Å²) in [5.41, 5.74) is 0.944. The highest BCUT2D eigenvalue weighted by Gasteiger charge is 2.31. The summed E-state index contributed by atoms with van der Waals surface area (Å²) in [5, 5.41) is 3.07. The first-order valence-corrected chi connectivity index (χ1v) is 10.4. The summed E-state index contributed by atoms with van der Waals surface area (Å²) in [5.74, 6) is 0.413. The molecule has 0 bridgehead atoms. The van der Waals surface area contributed by atoms with Crippen molar-refractivity contribution < 1.29 is 22.7 Å². The molecule has 0 aliphatic carbocycles. The van der Waals surface area contributed by atoms with Crippen LogP contribution in [0.1, 0.15) is 28.8 Å². The van der Waals surface area contributed by atoms with Crippen molar-refractivity contribution in [2.45, 2.75) is 25.1 Å². The number of aromatic nitrogens is 1. The second kappa shape index (κ2) is 9.13. The molecule has 0 saturated carbocycles. The highest BCUT2D eigenvalue weighted by Crippen LogP contribution is 2.29. The number of anilines is 2. The van der Waals surface area contributed by atoms with Gasteiger partial charge >= 0.3 is 6.18 Å². The Morgan fingerprint density at radius 1 is 0.968 bits per heavy atom. The SMILES string of the molecule is O=C(NC1CCN(c2ccc(C(F)(F)F)cn2)CC1)c1ccc(N2CCOCC2)cc1. The highest BCUT2D eigenvalue weighted by atomic mass is 19.4. The average molecular weight is 434 g/mol. The Balaban J connectivity index is 1.28. The lowest BCUT2D eigenvalue weighted by molar-refractivity contribution is -0.137. The Kier molecular flexibility index (Phi) is 6.31. The number of ether oxygens (including phenoxy) is 1. The van der Waals surface area contributed by atoms with E-state index >= 15 is 0 Å². The number of hydrogen-bond acceptors (Lipinski definition) is 5. The lowest BCUT2D eigenvalue weighted by Gasteiger charge is -2.33. The summed E-state index contributed by atoms with van der Waals surface area (Å²) < 4.78 is 43.4. The fraction of sp³-hybridized carbons (Fsp3) is 0.455. The number of amides is 1. The van der Waals surface area contributed by atoms with Gasteiger partial charge < -0.3 is 19.9 Å². The molecule has 0 unspecified atom stereocenters. The molecular weight excluding hydrogens is 409 g/mol. The number of nitrogens with one attached hydrogen (secondary N) is 1. The molecule has 6 nitrogen and oxygen atoms in total. The summed E-state index contributed by atoms with van der Waals surface area (Å²) in [4.78, 5) is 20.7. The van der Waals surface area contributed by atoms with Crippen molar-refractivity contribution in [3.05, 3.63) is 53.7 Å². The van der Waals surface area contributed by atoms with Crippen molar-refractivity contribution in [2.24, 2.45) is 0 Å². The zero-order chi connectivity index (χ0) is 21.8. The van der Waals surface area contributed by atoms with Crippen LogP contribution in [-0.4, -0.2) is 56.3 Å². The standard InChI is InChI=1S/C22H25F3N4O2/c23-22(24,25)17-3-6-20(26-15-17)29-9-7-18(8-10-29)27-21(30)16-1-4-19(5-2-16)28-11-13-31-14-12-28/h1-6,15,18H,7-14H2,(H,27,30). The number of halogens is 3. The number of hydrogen-bond donors (Lipinski definition) is 1. The molecule has 3 heterocycles. The summed E-state index contributed by atoms with van der Waals surface area (Å²) in [6.45, 7) is 4.36. The number of pyridine rings is 1. The topological polar surface area (TPSA) is 57.7 Å². The molecule has 1 aromatic carbocycles. The number of nitrogens with zero attached hydrogens (tertiary/aromatic N) is 3. The Bertz CT molecular complexity index is 873. The van der Waals surface area contributed by atoms with Gasteiger partial charge in [0.2, 0.25) is 0 Å². The third-order valence-corrected chi connectivity index (χ3v) is 5.74. The molecule has 1 N–H and O–H groups in total. The van der Waals surface area contributed by atoms with Crippen molar-refractivity contribution in [3.63, 3.8) is 0 Å². The maximum absolute atomic E-state index is 12.7. The maximum atomic E-state index is 12.7. The van der Waals surface area contributed by atoms with E-state index in [1.807, 2.05) is 29.2 Å². The van der Waals surface area contributed by atoms with E-state index in [-0.39, 0.29) is 11.9 Å². The van der Waals surface area contributed by atoms with Crippen LogP contribution in [-0.2, 0) is 10.9 Å². The molecule has 0 spiro atoms. The largest absolute Gasteiger partial charge is 0.417 e. The van der Waals surface area contributed by atoms with Crippen LogP contribution in [0.4, 0.5) is 24.7 Å². The number of morpholine rings is 1. The number of rotatable bonds is 4. The number of carbonyl (C=O) groups excluding carboxylic acids is 1. The van der Waals surface area contributed by atoms with Crippen molar-refractivity contribution in [2.75, 3.05) is 49.2 Å². The van der Waals surface area contributed by atoms with Gasteiger partial charge in [0.1, 0.15) is 5.82 Å². The van der Waals surface area contributed by atoms with Crippen LogP contribution in [0, 0.1) is 0 Å². The molecule has 1 aromatic heterocycles. The first kappa shape index (κ1) is 21.4. The van der Waals surface area contributed by atoms with Crippen LogP contribution in [0.15, 0.2) is 42.6 Å². The van der Waals surface area contributed by atoms with Crippen molar-refractivity contribution >= 4 is 17.4 Å². The van der Waals surface area contributed by atoms with Crippen LogP contribution in [0.2, 0.25) is 0 Å². The fourth-order valence-electron chi connectivity index (χ4n) is 3.91. The van der Waals surface area contributed by atoms with Crippen LogP contribution < -0.4 is 15.1 Å². The minimum absolute atomic E-state index is 0.0251. The second-order valence-electron chi connectivity index (χ2n) is 7.78. The maximum Gasteiger partial charge on any atom is 0.417 e. The molecule has 0 radical (unpaired) electrons. The summed E-state index contributed by atoms with van der Waals surface area (Å²) >= 11 is 0. The number of carbonyl (C=O) groups is 1. The lowest BCUT2D eigenvalue weighted by Crippen LogP contribution is -2.45. The monoisotopic (exact) mass is 434 g/mol. The summed E-state index contributed by atoms with van der Waals surface area (Å²) in [6, 6.07) is 10.1. The third kappa shape index (κ3) is 5.28. The molecule has 166 valence electrons. The van der Waals surface area contributed by atoms with Crippen LogP contribution in [0.3, 0.4) is 0 Å². The van der Waals surface area contributed by atoms with Crippen LogP contribution in [0.5, 0.6) is 0 Å². The van der Waals surface area contributed by atoms with Crippen LogP contribution in [0.25, 0.3) is 0 Å². The van der Waals surface area contributed by atoms with Gasteiger partial charge in [0.15, 0.2) is 0 Å². The predicted octanol–water partition coefficient (Wildman–Crippen LogP) is 3.34. The first-order valence-electron chi connectivity index (χ1n) is 10.4. The van der Waals surface area contributed by atoms with E-state index in [9.17, 15) is 18.0 Å². The van der Waals surface area contributed by atoms with E-state index in [2.05, 4.69) is 15.2 Å². The number of piperidine rings is 1. The van der Waals surface area contributed by atoms with Gasteiger partial charge in [-0.05, 0) is 49.2 Å². The molecule has 1 amide bonds. The predicted molar refractivity (Wildman–Crippen MR) is 111 cm³/mol. The van der Waals surface area contributed by atoms with Gasteiger partial charge in [-0.25, -0.2) is 4.98 Å². The lowest BCUT2D eigenvalue weighted by atomic mass is 10.0. The molecule has 0 atom stereocenters. The van der Waals surface area contributed by atoms with Gasteiger partial charge in [-0.2, -0.15) is 13.2 Å². The van der Waals surface area contributed by atoms with Gasteiger partial charge in [-0.3, -0.25) is 4.79 Å². The van der Waals surface area contributed by atoms with Gasteiger partial charge in [0.25, 0.3) is 5.91 Å². The van der Waals surface area contributed by atoms with Crippen molar-refractivity contribution in [1.82, 2.24) is 10.3 Å². The molecule has 31 heavy (non-hydrogen) atoms. The van der Waals surface area contributed by atoms with Gasteiger partial charge in [0, 0.05) is 49.7 Å². The molecule has 2 aliphatic rings. The Morgan fingerprint density at radius 2 is 1.65 bits per heavy atom. The molecule has 9 heteroatoms. The zero-order valence-corrected chi connectivity index (χ0v) is 17.1. The number of alkyl halides is 3. The van der Waals surface area contributed by atoms with Crippen molar-refractivity contribution in [1.29, 1.82) is 0 Å². The van der Waals surface area contributed by atoms with E-state index in [4.69, 9.17) is 4.74 Å². The zero-order valence-electron chi connectivity index (χ0n) is 17.1. The molecule has 2 fully saturated rings. The normalized spacial score (nSPS) is 18.2. The molecule has 2 aromatic rings. The fourth-order valence-corrected chi connectivity index (χ4v) is 3.91. The Labute approximate surface area is 179 Å². The van der Waals surface area contributed by atoms with Gasteiger partial charge in [-0.1, -0.05) is 0 Å². The van der Waals surface area contributed by atoms with E-state index in [0.717, 1.165) is 31.0 Å². The van der Waals surface area contributed by atoms with Gasteiger partial charge in [0.05, 0.1) is 18.8 Å². The van der Waals surface area contributed by atoms with Gasteiger partial charge in [-0.15, -0.1) is 0 Å². The Morgan fingerprint density at radius 3 is 2.23 bits per heavy atom. The minimum atomic E-state index is -4.39. The number of benzene rings is 1. The average Bonchev–Trinajstić information content (AvgIpc) is 2.80. The van der Waals surface area contributed by atoms with E-state index in [1.54, 1.807) is 0 Å². The van der Waals surface area contributed by atoms with E-state index in [0.29, 0.717) is 50.5 Å². The summed E-state index contributed by atoms with van der Waals surface area (Å²) in [7, 11) is 0.